The minimum atomic E-state index is -3.64. The SMILES string of the molecule is CCOC(OCC)P(=O)(O)CC(CN)c1ccc(Cl)cc1. The Balaban J connectivity index is 2.87. The molecule has 1 aromatic carbocycles. The van der Waals surface area contributed by atoms with Crippen LogP contribution in [0.4, 0.5) is 0 Å². The summed E-state index contributed by atoms with van der Waals surface area (Å²) >= 11 is 5.85. The highest BCUT2D eigenvalue weighted by atomic mass is 35.5. The average molecular weight is 336 g/mol. The van der Waals surface area contributed by atoms with Gasteiger partial charge in [-0.2, -0.15) is 0 Å². The lowest BCUT2D eigenvalue weighted by Crippen LogP contribution is -2.24. The molecule has 0 aliphatic rings. The molecule has 0 aromatic heterocycles. The molecule has 0 fully saturated rings. The highest BCUT2D eigenvalue weighted by Gasteiger charge is 2.35. The van der Waals surface area contributed by atoms with E-state index in [9.17, 15) is 9.46 Å². The second kappa shape index (κ2) is 8.89. The van der Waals surface area contributed by atoms with Crippen LogP contribution in [0, 0.1) is 0 Å². The molecule has 0 saturated heterocycles. The standard InChI is InChI=1S/C14H23ClNO4P/c1-3-19-14(20-4-2)21(17,18)10-12(9-16)11-5-7-13(15)8-6-11/h5-8,12,14H,3-4,9-10,16H2,1-2H3,(H,17,18). The topological polar surface area (TPSA) is 81.8 Å². The molecular weight excluding hydrogens is 313 g/mol. The molecule has 2 atom stereocenters. The molecule has 0 bridgehead atoms. The predicted octanol–water partition coefficient (Wildman–Crippen LogP) is 3.01. The van der Waals surface area contributed by atoms with E-state index in [0.717, 1.165) is 5.56 Å². The third kappa shape index (κ3) is 5.70. The molecule has 7 heteroatoms. The van der Waals surface area contributed by atoms with Gasteiger partial charge >= 0.3 is 0 Å². The maximum Gasteiger partial charge on any atom is 0.255 e. The van der Waals surface area contributed by atoms with Gasteiger partial charge in [-0.25, -0.2) is 0 Å². The zero-order valence-electron chi connectivity index (χ0n) is 12.4. The normalized spacial score (nSPS) is 15.9. The van der Waals surface area contributed by atoms with Crippen LogP contribution in [-0.4, -0.2) is 36.8 Å². The number of ether oxygens (including phenoxy) is 2. The van der Waals surface area contributed by atoms with Gasteiger partial charge in [0.2, 0.25) is 6.03 Å². The molecular formula is C14H23ClNO4P. The summed E-state index contributed by atoms with van der Waals surface area (Å²) in [6, 6.07) is 6.01. The summed E-state index contributed by atoms with van der Waals surface area (Å²) in [6.45, 7) is 4.39. The zero-order chi connectivity index (χ0) is 15.9. The predicted molar refractivity (Wildman–Crippen MR) is 85.0 cm³/mol. The van der Waals surface area contributed by atoms with Crippen molar-refractivity contribution in [3.8, 4) is 0 Å². The number of nitrogens with two attached hydrogens (primary N) is 1. The van der Waals surface area contributed by atoms with Crippen LogP contribution >= 0.6 is 19.0 Å². The summed E-state index contributed by atoms with van der Waals surface area (Å²) in [5, 5.41) is 0.614. The van der Waals surface area contributed by atoms with Crippen molar-refractivity contribution in [2.75, 3.05) is 25.9 Å². The first-order chi connectivity index (χ1) is 9.94. The first-order valence-electron chi connectivity index (χ1n) is 6.94. The van der Waals surface area contributed by atoms with Crippen molar-refractivity contribution in [1.82, 2.24) is 0 Å². The molecule has 0 heterocycles. The van der Waals surface area contributed by atoms with E-state index in [-0.39, 0.29) is 18.6 Å². The van der Waals surface area contributed by atoms with Crippen molar-refractivity contribution < 1.29 is 18.9 Å². The molecule has 5 nitrogen and oxygen atoms in total. The molecule has 0 saturated carbocycles. The number of halogens is 1. The Hall–Kier alpha value is -0.420. The molecule has 0 amide bonds. The van der Waals surface area contributed by atoms with Crippen LogP contribution in [0.25, 0.3) is 0 Å². The zero-order valence-corrected chi connectivity index (χ0v) is 14.0. The van der Waals surface area contributed by atoms with Crippen LogP contribution in [-0.2, 0) is 14.0 Å². The van der Waals surface area contributed by atoms with E-state index in [1.54, 1.807) is 26.0 Å². The molecule has 3 N–H and O–H groups in total. The van der Waals surface area contributed by atoms with Crippen LogP contribution in [0.1, 0.15) is 25.3 Å². The van der Waals surface area contributed by atoms with Gasteiger partial charge in [0.05, 0.1) is 0 Å². The summed E-state index contributed by atoms with van der Waals surface area (Å²) in [5.74, 6) is -0.249. The van der Waals surface area contributed by atoms with Crippen LogP contribution in [0.3, 0.4) is 0 Å². The smallest absolute Gasteiger partial charge is 0.255 e. The van der Waals surface area contributed by atoms with Crippen LogP contribution in [0.2, 0.25) is 5.02 Å². The molecule has 0 aliphatic carbocycles. The van der Waals surface area contributed by atoms with Gasteiger partial charge in [0.25, 0.3) is 7.37 Å². The fraction of sp³-hybridized carbons (Fsp3) is 0.571. The van der Waals surface area contributed by atoms with Crippen LogP contribution < -0.4 is 5.73 Å². The third-order valence-electron chi connectivity index (χ3n) is 3.06. The highest BCUT2D eigenvalue weighted by Crippen LogP contribution is 2.50. The van der Waals surface area contributed by atoms with Gasteiger partial charge in [0.1, 0.15) is 0 Å². The highest BCUT2D eigenvalue weighted by molar-refractivity contribution is 7.58. The Labute approximate surface area is 130 Å². The number of benzene rings is 1. The van der Waals surface area contributed by atoms with Gasteiger partial charge in [-0.15, -0.1) is 0 Å². The van der Waals surface area contributed by atoms with Gasteiger partial charge < -0.3 is 20.1 Å². The Kier molecular flexibility index (Phi) is 7.88. The monoisotopic (exact) mass is 335 g/mol. The molecule has 2 unspecified atom stereocenters. The van der Waals surface area contributed by atoms with E-state index in [2.05, 4.69) is 0 Å². The quantitative estimate of drug-likeness (QED) is 0.535. The first kappa shape index (κ1) is 18.6. The van der Waals surface area contributed by atoms with Crippen molar-refractivity contribution in [2.24, 2.45) is 5.73 Å². The fourth-order valence-corrected chi connectivity index (χ4v) is 4.07. The lowest BCUT2D eigenvalue weighted by atomic mass is 10.0. The van der Waals surface area contributed by atoms with Crippen molar-refractivity contribution in [1.29, 1.82) is 0 Å². The largest absolute Gasteiger partial charge is 0.345 e. The van der Waals surface area contributed by atoms with E-state index in [1.165, 1.54) is 0 Å². The van der Waals surface area contributed by atoms with Gasteiger partial charge in [-0.3, -0.25) is 4.57 Å². The van der Waals surface area contributed by atoms with Gasteiger partial charge in [-0.05, 0) is 38.1 Å². The molecule has 1 aromatic rings. The van der Waals surface area contributed by atoms with E-state index >= 15 is 0 Å². The second-order valence-corrected chi connectivity index (χ2v) is 7.37. The summed E-state index contributed by atoms with van der Waals surface area (Å²) in [7, 11) is -3.64. The Morgan fingerprint density at radius 3 is 2.19 bits per heavy atom. The van der Waals surface area contributed by atoms with Gasteiger partial charge in [-0.1, -0.05) is 23.7 Å². The average Bonchev–Trinajstić information content (AvgIpc) is 2.45. The molecule has 120 valence electrons. The molecule has 0 aliphatic heterocycles. The van der Waals surface area contributed by atoms with E-state index in [1.807, 2.05) is 12.1 Å². The Morgan fingerprint density at radius 1 is 1.24 bits per heavy atom. The van der Waals surface area contributed by atoms with Crippen LogP contribution in [0.5, 0.6) is 0 Å². The molecule has 1 rings (SSSR count). The van der Waals surface area contributed by atoms with Crippen molar-refractivity contribution in [3.63, 3.8) is 0 Å². The molecule has 0 radical (unpaired) electrons. The third-order valence-corrected chi connectivity index (χ3v) is 5.23. The van der Waals surface area contributed by atoms with Crippen LogP contribution in [0.15, 0.2) is 24.3 Å². The second-order valence-electron chi connectivity index (χ2n) is 4.64. The van der Waals surface area contributed by atoms with Crippen molar-refractivity contribution >= 4 is 19.0 Å². The maximum atomic E-state index is 12.5. The van der Waals surface area contributed by atoms with Gasteiger partial charge in [0.15, 0.2) is 0 Å². The number of hydrogen-bond acceptors (Lipinski definition) is 4. The minimum absolute atomic E-state index is 0.00972. The first-order valence-corrected chi connectivity index (χ1v) is 9.24. The van der Waals surface area contributed by atoms with Crippen molar-refractivity contribution in [2.45, 2.75) is 25.8 Å². The maximum absolute atomic E-state index is 12.5. The molecule has 0 spiro atoms. The lowest BCUT2D eigenvalue weighted by molar-refractivity contribution is -0.0871. The molecule has 21 heavy (non-hydrogen) atoms. The van der Waals surface area contributed by atoms with Crippen molar-refractivity contribution in [3.05, 3.63) is 34.9 Å². The summed E-state index contributed by atoms with van der Waals surface area (Å²) in [5.41, 5.74) is 6.63. The summed E-state index contributed by atoms with van der Waals surface area (Å²) in [6.07, 6.45) is 0.00972. The summed E-state index contributed by atoms with van der Waals surface area (Å²) < 4.78 is 23.0. The van der Waals surface area contributed by atoms with Gasteiger partial charge in [0, 0.05) is 30.3 Å². The fourth-order valence-electron chi connectivity index (χ4n) is 2.02. The van der Waals surface area contributed by atoms with E-state index < -0.39 is 13.4 Å². The van der Waals surface area contributed by atoms with E-state index in [4.69, 9.17) is 26.8 Å². The minimum Gasteiger partial charge on any atom is -0.345 e. The number of hydrogen-bond donors (Lipinski definition) is 2. The summed E-state index contributed by atoms with van der Waals surface area (Å²) in [4.78, 5) is 10.3. The van der Waals surface area contributed by atoms with E-state index in [0.29, 0.717) is 18.2 Å². The lowest BCUT2D eigenvalue weighted by Gasteiger charge is -2.26. The Morgan fingerprint density at radius 2 is 1.76 bits per heavy atom. The number of rotatable bonds is 9. The Bertz CT molecular complexity index is 463.